The van der Waals surface area contributed by atoms with Crippen LogP contribution in [0.4, 0.5) is 0 Å². The molecule has 17 heavy (non-hydrogen) atoms. The second-order valence-electron chi connectivity index (χ2n) is 3.45. The number of H-pyrrole nitrogens is 1. The molecule has 0 aromatic carbocycles. The topological polar surface area (TPSA) is 50.7 Å². The number of pyridine rings is 1. The summed E-state index contributed by atoms with van der Waals surface area (Å²) < 4.78 is 1.84. The Labute approximate surface area is 105 Å². The maximum Gasteiger partial charge on any atom is 0.267 e. The summed E-state index contributed by atoms with van der Waals surface area (Å²) in [6.07, 6.45) is 3.27. The van der Waals surface area contributed by atoms with Crippen LogP contribution in [0.15, 0.2) is 40.8 Å². The van der Waals surface area contributed by atoms with Crippen molar-refractivity contribution in [2.75, 3.05) is 0 Å². The number of thiophene rings is 1. The van der Waals surface area contributed by atoms with Gasteiger partial charge in [-0.05, 0) is 35.8 Å². The van der Waals surface area contributed by atoms with Gasteiger partial charge in [-0.25, -0.2) is 0 Å². The van der Waals surface area contributed by atoms with Crippen LogP contribution in [0, 0.1) is 4.77 Å². The van der Waals surface area contributed by atoms with Gasteiger partial charge in [0.2, 0.25) is 0 Å². The minimum Gasteiger partial charge on any atom is -0.323 e. The molecular formula is C11H7N3OS2. The van der Waals surface area contributed by atoms with Crippen LogP contribution in [0.25, 0.3) is 15.9 Å². The zero-order valence-corrected chi connectivity index (χ0v) is 10.2. The summed E-state index contributed by atoms with van der Waals surface area (Å²) in [6, 6.07) is 5.37. The lowest BCUT2D eigenvalue weighted by molar-refractivity contribution is 0.934. The van der Waals surface area contributed by atoms with Crippen LogP contribution in [-0.2, 0) is 0 Å². The largest absolute Gasteiger partial charge is 0.323 e. The van der Waals surface area contributed by atoms with Crippen LogP contribution in [-0.4, -0.2) is 14.5 Å². The van der Waals surface area contributed by atoms with E-state index in [1.807, 2.05) is 5.38 Å². The fourth-order valence-corrected chi connectivity index (χ4v) is 2.79. The highest BCUT2D eigenvalue weighted by molar-refractivity contribution is 7.71. The third kappa shape index (κ3) is 1.62. The van der Waals surface area contributed by atoms with Gasteiger partial charge in [-0.15, -0.1) is 11.3 Å². The standard InChI is InChI=1S/C11H7N3OS2/c15-10-8-3-5-17-9(8)13-11(16)14(10)7-2-1-4-12-6-7/h1-6H,(H,13,16). The van der Waals surface area contributed by atoms with Gasteiger partial charge in [0.25, 0.3) is 5.56 Å². The molecule has 3 heterocycles. The van der Waals surface area contributed by atoms with E-state index in [1.54, 1.807) is 30.6 Å². The Hall–Kier alpha value is -1.79. The second kappa shape index (κ2) is 3.90. The molecule has 0 aliphatic heterocycles. The molecule has 0 spiro atoms. The van der Waals surface area contributed by atoms with Gasteiger partial charge in [0.05, 0.1) is 17.3 Å². The van der Waals surface area contributed by atoms with E-state index in [4.69, 9.17) is 12.2 Å². The summed E-state index contributed by atoms with van der Waals surface area (Å²) in [5, 5.41) is 2.51. The molecule has 0 fully saturated rings. The molecule has 0 unspecified atom stereocenters. The lowest BCUT2D eigenvalue weighted by Gasteiger charge is -2.04. The number of rotatable bonds is 1. The monoisotopic (exact) mass is 261 g/mol. The van der Waals surface area contributed by atoms with Gasteiger partial charge in [0, 0.05) is 6.20 Å². The number of fused-ring (bicyclic) bond motifs is 1. The third-order valence-electron chi connectivity index (χ3n) is 2.43. The molecule has 6 heteroatoms. The van der Waals surface area contributed by atoms with Gasteiger partial charge in [-0.1, -0.05) is 0 Å². The first-order valence-electron chi connectivity index (χ1n) is 4.90. The smallest absolute Gasteiger partial charge is 0.267 e. The first-order chi connectivity index (χ1) is 8.27. The fourth-order valence-electron chi connectivity index (χ4n) is 1.66. The molecule has 0 aliphatic rings. The number of hydrogen-bond acceptors (Lipinski definition) is 4. The van der Waals surface area contributed by atoms with E-state index in [0.29, 0.717) is 15.8 Å². The Balaban J connectivity index is 2.45. The molecule has 0 aliphatic carbocycles. The Bertz CT molecular complexity index is 786. The number of nitrogens with one attached hydrogen (secondary N) is 1. The van der Waals surface area contributed by atoms with Gasteiger partial charge in [0.1, 0.15) is 4.83 Å². The molecule has 0 amide bonds. The highest BCUT2D eigenvalue weighted by atomic mass is 32.1. The number of aromatic amines is 1. The highest BCUT2D eigenvalue weighted by Gasteiger charge is 2.07. The van der Waals surface area contributed by atoms with Crippen LogP contribution in [0.3, 0.4) is 0 Å². The zero-order valence-electron chi connectivity index (χ0n) is 8.58. The van der Waals surface area contributed by atoms with E-state index >= 15 is 0 Å². The Kier molecular flexibility index (Phi) is 2.38. The summed E-state index contributed by atoms with van der Waals surface area (Å²) in [5.41, 5.74) is 0.560. The molecule has 3 aromatic rings. The number of nitrogens with zero attached hydrogens (tertiary/aromatic N) is 2. The quantitative estimate of drug-likeness (QED) is 0.685. The molecule has 1 N–H and O–H groups in total. The Morgan fingerprint density at radius 3 is 3.06 bits per heavy atom. The molecule has 4 nitrogen and oxygen atoms in total. The van der Waals surface area contributed by atoms with Crippen LogP contribution in [0.5, 0.6) is 0 Å². The molecule has 84 valence electrons. The molecule has 3 aromatic heterocycles. The van der Waals surface area contributed by atoms with Crippen molar-refractivity contribution < 1.29 is 0 Å². The first-order valence-corrected chi connectivity index (χ1v) is 6.19. The van der Waals surface area contributed by atoms with E-state index in [9.17, 15) is 4.79 Å². The summed E-state index contributed by atoms with van der Waals surface area (Å²) in [7, 11) is 0. The average Bonchev–Trinajstić information content (AvgIpc) is 2.78. The highest BCUT2D eigenvalue weighted by Crippen LogP contribution is 2.15. The molecule has 0 saturated heterocycles. The van der Waals surface area contributed by atoms with E-state index in [2.05, 4.69) is 9.97 Å². The normalized spacial score (nSPS) is 10.8. The van der Waals surface area contributed by atoms with Crippen LogP contribution in [0.2, 0.25) is 0 Å². The van der Waals surface area contributed by atoms with E-state index in [-0.39, 0.29) is 5.56 Å². The summed E-state index contributed by atoms with van der Waals surface area (Å²) in [4.78, 5) is 20.1. The Morgan fingerprint density at radius 2 is 2.29 bits per heavy atom. The third-order valence-corrected chi connectivity index (χ3v) is 3.54. The predicted octanol–water partition coefficient (Wildman–Crippen LogP) is 2.50. The molecule has 0 saturated carbocycles. The van der Waals surface area contributed by atoms with Crippen molar-refractivity contribution in [1.29, 1.82) is 0 Å². The van der Waals surface area contributed by atoms with Crippen molar-refractivity contribution in [1.82, 2.24) is 14.5 Å². The second-order valence-corrected chi connectivity index (χ2v) is 4.75. The van der Waals surface area contributed by atoms with Gasteiger partial charge in [-0.2, -0.15) is 0 Å². The molecular weight excluding hydrogens is 254 g/mol. The van der Waals surface area contributed by atoms with Gasteiger partial charge >= 0.3 is 0 Å². The molecule has 0 atom stereocenters. The summed E-state index contributed by atoms with van der Waals surface area (Å²) in [5.74, 6) is 0. The maximum absolute atomic E-state index is 12.3. The van der Waals surface area contributed by atoms with Gasteiger partial charge in [-0.3, -0.25) is 14.3 Å². The predicted molar refractivity (Wildman–Crippen MR) is 70.4 cm³/mol. The van der Waals surface area contributed by atoms with Crippen molar-refractivity contribution >= 4 is 33.8 Å². The lowest BCUT2D eigenvalue weighted by Crippen LogP contribution is -2.19. The van der Waals surface area contributed by atoms with Crippen molar-refractivity contribution in [2.45, 2.75) is 0 Å². The van der Waals surface area contributed by atoms with Crippen LogP contribution in [0.1, 0.15) is 0 Å². The summed E-state index contributed by atoms with van der Waals surface area (Å²) >= 11 is 6.67. The van der Waals surface area contributed by atoms with Crippen molar-refractivity contribution in [2.24, 2.45) is 0 Å². The molecule has 0 radical (unpaired) electrons. The minimum atomic E-state index is -0.113. The lowest BCUT2D eigenvalue weighted by atomic mass is 10.4. The first kappa shape index (κ1) is 10.4. The van der Waals surface area contributed by atoms with Crippen molar-refractivity contribution in [3.05, 3.63) is 51.1 Å². The van der Waals surface area contributed by atoms with Gasteiger partial charge < -0.3 is 4.98 Å². The Morgan fingerprint density at radius 1 is 1.41 bits per heavy atom. The minimum absolute atomic E-state index is 0.113. The van der Waals surface area contributed by atoms with E-state index in [0.717, 1.165) is 4.83 Å². The van der Waals surface area contributed by atoms with Gasteiger partial charge in [0.15, 0.2) is 4.77 Å². The zero-order chi connectivity index (χ0) is 11.8. The van der Waals surface area contributed by atoms with Crippen LogP contribution >= 0.6 is 23.6 Å². The average molecular weight is 261 g/mol. The number of aromatic nitrogens is 3. The molecule has 0 bridgehead atoms. The van der Waals surface area contributed by atoms with E-state index in [1.165, 1.54) is 15.9 Å². The van der Waals surface area contributed by atoms with E-state index < -0.39 is 0 Å². The fraction of sp³-hybridized carbons (Fsp3) is 0. The molecule has 3 rings (SSSR count). The van der Waals surface area contributed by atoms with Crippen LogP contribution < -0.4 is 5.56 Å². The van der Waals surface area contributed by atoms with Crippen molar-refractivity contribution in [3.8, 4) is 5.69 Å². The SMILES string of the molecule is O=c1c2ccsc2[nH]c(=S)n1-c1cccnc1. The maximum atomic E-state index is 12.3. The number of hydrogen-bond donors (Lipinski definition) is 1. The summed E-state index contributed by atoms with van der Waals surface area (Å²) in [6.45, 7) is 0. The van der Waals surface area contributed by atoms with Crippen molar-refractivity contribution in [3.63, 3.8) is 0 Å².